The summed E-state index contributed by atoms with van der Waals surface area (Å²) in [5.41, 5.74) is 7.73. The first-order valence-corrected chi connectivity index (χ1v) is 20.6. The molecule has 0 saturated heterocycles. The van der Waals surface area contributed by atoms with Crippen LogP contribution < -0.4 is 5.73 Å². The minimum atomic E-state index is -4.70. The van der Waals surface area contributed by atoms with Crippen LogP contribution in [0.1, 0.15) is 40.7 Å². The van der Waals surface area contributed by atoms with Crippen LogP contribution in [0.3, 0.4) is 0 Å². The number of nitrogen functional groups attached to an aromatic ring is 1. The molecule has 67 heavy (non-hydrogen) atoms. The van der Waals surface area contributed by atoms with E-state index in [1.165, 1.54) is 12.1 Å². The molecule has 0 radical (unpaired) electrons. The van der Waals surface area contributed by atoms with Gasteiger partial charge in [0.25, 0.3) is 0 Å². The van der Waals surface area contributed by atoms with E-state index in [0.717, 1.165) is 42.5 Å². The SMILES string of the molecule is CC(C(=Nc1cc(C(F)(F)F)ccc1N)c1ccccc1)c1cc(-c2nc3ccc(C(F)(F)F)cc3nc2-c2ccccc2)cc(-c2nc3ccc(C(F)(F)F)cc3nc2-c2ccccc2)c1. The molecule has 9 rings (SSSR count). The van der Waals surface area contributed by atoms with Gasteiger partial charge in [0.15, 0.2) is 0 Å². The molecule has 0 aliphatic heterocycles. The maximum atomic E-state index is 14.0. The Kier molecular flexibility index (Phi) is 11.3. The molecule has 0 spiro atoms. The number of rotatable bonds is 8. The quantitative estimate of drug-likeness (QED) is 0.0932. The van der Waals surface area contributed by atoms with Crippen LogP contribution in [0.15, 0.2) is 169 Å². The number of aromatic nitrogens is 4. The van der Waals surface area contributed by atoms with E-state index in [9.17, 15) is 39.5 Å². The molecule has 15 heteroatoms. The second-order valence-corrected chi connectivity index (χ2v) is 15.7. The Morgan fingerprint density at radius 3 is 1.27 bits per heavy atom. The summed E-state index contributed by atoms with van der Waals surface area (Å²) < 4.78 is 126. The normalized spacial score (nSPS) is 13.0. The van der Waals surface area contributed by atoms with Gasteiger partial charge in [0.1, 0.15) is 0 Å². The minimum absolute atomic E-state index is 0.0108. The Labute approximate surface area is 376 Å². The highest BCUT2D eigenvalue weighted by molar-refractivity contribution is 6.07. The molecule has 7 aromatic carbocycles. The second-order valence-electron chi connectivity index (χ2n) is 15.7. The van der Waals surface area contributed by atoms with Crippen LogP contribution >= 0.6 is 0 Å². The number of nitrogens with two attached hydrogens (primary N) is 1. The van der Waals surface area contributed by atoms with E-state index in [1.807, 2.05) is 0 Å². The Balaban J connectivity index is 1.35. The molecule has 334 valence electrons. The zero-order valence-electron chi connectivity index (χ0n) is 34.9. The van der Waals surface area contributed by atoms with Crippen molar-refractivity contribution in [3.8, 4) is 45.0 Å². The first-order chi connectivity index (χ1) is 31.9. The van der Waals surface area contributed by atoms with Gasteiger partial charge in [0, 0.05) is 28.2 Å². The van der Waals surface area contributed by atoms with Gasteiger partial charge in [-0.15, -0.1) is 0 Å². The molecule has 0 aliphatic carbocycles. The van der Waals surface area contributed by atoms with Crippen LogP contribution in [0.5, 0.6) is 0 Å². The van der Waals surface area contributed by atoms with Gasteiger partial charge in [0.05, 0.1) is 78.6 Å². The van der Waals surface area contributed by atoms with Crippen molar-refractivity contribution in [3.05, 3.63) is 192 Å². The van der Waals surface area contributed by atoms with Crippen molar-refractivity contribution >= 4 is 39.2 Å². The Morgan fingerprint density at radius 2 is 0.821 bits per heavy atom. The van der Waals surface area contributed by atoms with Gasteiger partial charge in [-0.1, -0.05) is 97.9 Å². The number of fused-ring (bicyclic) bond motifs is 2. The predicted molar refractivity (Wildman–Crippen MR) is 241 cm³/mol. The Hall–Kier alpha value is -7.94. The molecule has 2 aromatic heterocycles. The molecule has 6 nitrogen and oxygen atoms in total. The van der Waals surface area contributed by atoms with Crippen molar-refractivity contribution in [1.29, 1.82) is 0 Å². The van der Waals surface area contributed by atoms with Crippen molar-refractivity contribution in [2.75, 3.05) is 5.73 Å². The molecule has 1 unspecified atom stereocenters. The van der Waals surface area contributed by atoms with Gasteiger partial charge in [-0.05, 0) is 83.9 Å². The summed E-state index contributed by atoms with van der Waals surface area (Å²) >= 11 is 0. The van der Waals surface area contributed by atoms with Crippen LogP contribution in [-0.2, 0) is 18.5 Å². The molecule has 9 aromatic rings. The number of anilines is 1. The molecule has 0 bridgehead atoms. The van der Waals surface area contributed by atoms with E-state index >= 15 is 0 Å². The zero-order chi connectivity index (χ0) is 47.3. The summed E-state index contributed by atoms with van der Waals surface area (Å²) in [7, 11) is 0. The van der Waals surface area contributed by atoms with Crippen molar-refractivity contribution < 1.29 is 39.5 Å². The van der Waals surface area contributed by atoms with Crippen LogP contribution in [0.4, 0.5) is 50.9 Å². The van der Waals surface area contributed by atoms with E-state index in [1.54, 1.807) is 116 Å². The molecule has 2 heterocycles. The Bertz CT molecular complexity index is 3180. The average Bonchev–Trinajstić information content (AvgIpc) is 3.32. The minimum Gasteiger partial charge on any atom is -0.397 e. The van der Waals surface area contributed by atoms with E-state index in [0.29, 0.717) is 39.1 Å². The first-order valence-electron chi connectivity index (χ1n) is 20.6. The predicted octanol–water partition coefficient (Wildman–Crippen LogP) is 14.8. The standard InChI is InChI=1S/C52H33F9N6/c1-29(45(30-11-5-2-6-12-30)65-42-26-36(50(53,54)55)17-20-39(42)62)33-23-34(48-46(31-13-7-3-8-14-31)66-43-27-37(51(56,57)58)18-21-40(43)63-48)25-35(24-33)49-47(32-15-9-4-10-16-32)67-44-28-38(52(59,60)61)19-22-41(44)64-49/h2-29H,62H2,1H3. The fourth-order valence-electron chi connectivity index (χ4n) is 7.76. The van der Waals surface area contributed by atoms with Crippen LogP contribution in [-0.4, -0.2) is 25.6 Å². The van der Waals surface area contributed by atoms with Crippen molar-refractivity contribution in [2.24, 2.45) is 4.99 Å². The largest absolute Gasteiger partial charge is 0.416 e. The molecule has 0 amide bonds. The molecule has 0 fully saturated rings. The number of aliphatic imine (C=N–C) groups is 1. The monoisotopic (exact) mass is 912 g/mol. The first kappa shape index (κ1) is 44.3. The fourth-order valence-corrected chi connectivity index (χ4v) is 7.76. The molecule has 0 saturated carbocycles. The summed E-state index contributed by atoms with van der Waals surface area (Å²) in [6, 6.07) is 40.5. The van der Waals surface area contributed by atoms with E-state index in [2.05, 4.69) is 0 Å². The number of alkyl halides is 9. The summed E-state index contributed by atoms with van der Waals surface area (Å²) in [6.45, 7) is 1.80. The van der Waals surface area contributed by atoms with Gasteiger partial charge in [-0.3, -0.25) is 4.99 Å². The number of halogens is 9. The highest BCUT2D eigenvalue weighted by atomic mass is 19.4. The third-order valence-corrected chi connectivity index (χ3v) is 11.2. The second kappa shape index (κ2) is 17.1. The van der Waals surface area contributed by atoms with E-state index in [-0.39, 0.29) is 56.2 Å². The van der Waals surface area contributed by atoms with Gasteiger partial charge in [-0.2, -0.15) is 39.5 Å². The summed E-state index contributed by atoms with van der Waals surface area (Å²) in [6.07, 6.45) is -14.0. The van der Waals surface area contributed by atoms with E-state index < -0.39 is 41.1 Å². The highest BCUT2D eigenvalue weighted by Crippen LogP contribution is 2.42. The lowest BCUT2D eigenvalue weighted by molar-refractivity contribution is -0.138. The fraction of sp³-hybridized carbons (Fsp3) is 0.0962. The van der Waals surface area contributed by atoms with Crippen LogP contribution in [0.2, 0.25) is 0 Å². The smallest absolute Gasteiger partial charge is 0.397 e. The van der Waals surface area contributed by atoms with Gasteiger partial charge in [-0.25, -0.2) is 19.9 Å². The zero-order valence-corrected chi connectivity index (χ0v) is 34.9. The molecule has 2 N–H and O–H groups in total. The topological polar surface area (TPSA) is 89.9 Å². The maximum absolute atomic E-state index is 14.0. The number of hydrogen-bond donors (Lipinski definition) is 1. The Morgan fingerprint density at radius 1 is 0.433 bits per heavy atom. The van der Waals surface area contributed by atoms with Crippen molar-refractivity contribution in [1.82, 2.24) is 19.9 Å². The van der Waals surface area contributed by atoms with Crippen molar-refractivity contribution in [3.63, 3.8) is 0 Å². The van der Waals surface area contributed by atoms with Gasteiger partial charge in [0.2, 0.25) is 0 Å². The molecule has 0 aliphatic rings. The third-order valence-electron chi connectivity index (χ3n) is 11.2. The van der Waals surface area contributed by atoms with Gasteiger partial charge < -0.3 is 5.73 Å². The number of hydrogen-bond acceptors (Lipinski definition) is 6. The third kappa shape index (κ3) is 9.17. The molecular weight excluding hydrogens is 880 g/mol. The van der Waals surface area contributed by atoms with E-state index in [4.69, 9.17) is 30.7 Å². The summed E-state index contributed by atoms with van der Waals surface area (Å²) in [4.78, 5) is 24.2. The molecular formula is C52H33F9N6. The summed E-state index contributed by atoms with van der Waals surface area (Å²) in [5, 5.41) is 0. The number of benzene rings is 7. The highest BCUT2D eigenvalue weighted by Gasteiger charge is 2.33. The van der Waals surface area contributed by atoms with Gasteiger partial charge >= 0.3 is 18.5 Å². The lowest BCUT2D eigenvalue weighted by Crippen LogP contribution is -2.12. The average molecular weight is 913 g/mol. The lowest BCUT2D eigenvalue weighted by atomic mass is 9.87. The van der Waals surface area contributed by atoms with Crippen LogP contribution in [0, 0.1) is 0 Å². The number of nitrogens with zero attached hydrogens (tertiary/aromatic N) is 5. The summed E-state index contributed by atoms with van der Waals surface area (Å²) in [5.74, 6) is -0.749. The lowest BCUT2D eigenvalue weighted by Gasteiger charge is -2.21. The molecule has 1 atom stereocenters. The van der Waals surface area contributed by atoms with Crippen LogP contribution in [0.25, 0.3) is 67.1 Å². The maximum Gasteiger partial charge on any atom is 0.416 e. The van der Waals surface area contributed by atoms with Crippen molar-refractivity contribution in [2.45, 2.75) is 31.4 Å².